The van der Waals surface area contributed by atoms with E-state index in [9.17, 15) is 14.0 Å². The van der Waals surface area contributed by atoms with Crippen LogP contribution in [0.1, 0.15) is 23.6 Å². The Morgan fingerprint density at radius 1 is 1.03 bits per heavy atom. The normalized spacial score (nSPS) is 14.7. The maximum Gasteiger partial charge on any atom is 0.293 e. The second kappa shape index (κ2) is 11.1. The molecule has 0 radical (unpaired) electrons. The minimum atomic E-state index is -0.451. The molecular weight excluding hydrogens is 568 g/mol. The highest BCUT2D eigenvalue weighted by atomic mass is 127. The maximum absolute atomic E-state index is 14.0. The molecule has 3 aromatic rings. The van der Waals surface area contributed by atoms with Crippen LogP contribution in [0.25, 0.3) is 6.08 Å². The summed E-state index contributed by atoms with van der Waals surface area (Å²) in [6, 6.07) is 19.6. The van der Waals surface area contributed by atoms with Crippen LogP contribution in [0, 0.1) is 9.39 Å². The first-order valence-electron chi connectivity index (χ1n) is 10.6. The third kappa shape index (κ3) is 5.61. The minimum absolute atomic E-state index is 0.108. The van der Waals surface area contributed by atoms with Crippen LogP contribution in [0.3, 0.4) is 0 Å². The molecule has 4 rings (SSSR count). The second-order valence-electron chi connectivity index (χ2n) is 7.40. The molecule has 1 fully saturated rings. The fraction of sp³-hybridized carbons (Fsp3) is 0.154. The van der Waals surface area contributed by atoms with E-state index in [0.29, 0.717) is 35.8 Å². The van der Waals surface area contributed by atoms with Gasteiger partial charge in [0.2, 0.25) is 0 Å². The molecule has 0 spiro atoms. The van der Waals surface area contributed by atoms with Crippen molar-refractivity contribution in [2.45, 2.75) is 20.1 Å². The number of thioether (sulfide) groups is 1. The van der Waals surface area contributed by atoms with Crippen molar-refractivity contribution < 1.29 is 23.5 Å². The summed E-state index contributed by atoms with van der Waals surface area (Å²) in [5.41, 5.74) is 2.03. The summed E-state index contributed by atoms with van der Waals surface area (Å²) in [7, 11) is 0. The lowest BCUT2D eigenvalue weighted by Crippen LogP contribution is -2.27. The summed E-state index contributed by atoms with van der Waals surface area (Å²) >= 11 is 3.01. The fourth-order valence-corrected chi connectivity index (χ4v) is 5.01. The lowest BCUT2D eigenvalue weighted by Gasteiger charge is -2.15. The summed E-state index contributed by atoms with van der Waals surface area (Å²) in [6.07, 6.45) is 1.65. The Labute approximate surface area is 215 Å². The predicted molar refractivity (Wildman–Crippen MR) is 139 cm³/mol. The van der Waals surface area contributed by atoms with Crippen LogP contribution in [0.5, 0.6) is 11.5 Å². The number of hydrogen-bond acceptors (Lipinski definition) is 5. The average molecular weight is 589 g/mol. The van der Waals surface area contributed by atoms with Gasteiger partial charge in [0, 0.05) is 5.56 Å². The van der Waals surface area contributed by atoms with Crippen molar-refractivity contribution in [3.63, 3.8) is 0 Å². The Morgan fingerprint density at radius 2 is 1.76 bits per heavy atom. The van der Waals surface area contributed by atoms with E-state index >= 15 is 0 Å². The number of hydrogen-bond donors (Lipinski definition) is 0. The van der Waals surface area contributed by atoms with E-state index < -0.39 is 17.0 Å². The molecular formula is C26H21FINO4S. The molecule has 0 aliphatic carbocycles. The van der Waals surface area contributed by atoms with Gasteiger partial charge in [-0.25, -0.2) is 4.39 Å². The molecule has 1 saturated heterocycles. The lowest BCUT2D eigenvalue weighted by molar-refractivity contribution is -0.123. The first-order chi connectivity index (χ1) is 16.5. The van der Waals surface area contributed by atoms with Gasteiger partial charge in [0.15, 0.2) is 11.5 Å². The maximum atomic E-state index is 14.0. The molecule has 2 amide bonds. The fourth-order valence-electron chi connectivity index (χ4n) is 3.39. The van der Waals surface area contributed by atoms with Gasteiger partial charge in [-0.1, -0.05) is 48.5 Å². The van der Waals surface area contributed by atoms with Crippen molar-refractivity contribution in [2.75, 3.05) is 6.61 Å². The molecule has 0 atom stereocenters. The average Bonchev–Trinajstić information content (AvgIpc) is 3.08. The van der Waals surface area contributed by atoms with E-state index in [1.54, 1.807) is 30.3 Å². The van der Waals surface area contributed by atoms with E-state index in [2.05, 4.69) is 22.6 Å². The van der Waals surface area contributed by atoms with Gasteiger partial charge in [-0.2, -0.15) is 0 Å². The highest BCUT2D eigenvalue weighted by Crippen LogP contribution is 2.38. The standard InChI is InChI=1S/C26H21FINO4S/c1-2-32-22-13-18(12-21(28)24(22)33-16-17-8-4-3-5-9-17)14-23-25(30)29(26(31)34-23)15-19-10-6-7-11-20(19)27/h3-14H,2,15-16H2,1H3/b23-14+. The Balaban J connectivity index is 1.56. The first kappa shape index (κ1) is 24.3. The molecule has 0 saturated carbocycles. The molecule has 34 heavy (non-hydrogen) atoms. The third-order valence-corrected chi connectivity index (χ3v) is 6.72. The van der Waals surface area contributed by atoms with E-state index in [1.165, 1.54) is 6.07 Å². The van der Waals surface area contributed by atoms with Crippen molar-refractivity contribution in [3.05, 3.63) is 97.7 Å². The number of nitrogens with zero attached hydrogens (tertiary/aromatic N) is 1. The van der Waals surface area contributed by atoms with Crippen molar-refractivity contribution in [1.29, 1.82) is 0 Å². The second-order valence-corrected chi connectivity index (χ2v) is 9.55. The Kier molecular flexibility index (Phi) is 7.89. The SMILES string of the molecule is CCOc1cc(/C=C2/SC(=O)N(Cc3ccccc3F)C2=O)cc(I)c1OCc1ccccc1. The van der Waals surface area contributed by atoms with E-state index in [-0.39, 0.29) is 11.4 Å². The molecule has 0 unspecified atom stereocenters. The number of imide groups is 1. The topological polar surface area (TPSA) is 55.8 Å². The number of rotatable bonds is 8. The van der Waals surface area contributed by atoms with Gasteiger partial charge in [0.1, 0.15) is 12.4 Å². The predicted octanol–water partition coefficient (Wildman–Crippen LogP) is 6.64. The van der Waals surface area contributed by atoms with Gasteiger partial charge in [-0.15, -0.1) is 0 Å². The minimum Gasteiger partial charge on any atom is -0.490 e. The number of carbonyl (C=O) groups excluding carboxylic acids is 2. The quantitative estimate of drug-likeness (QED) is 0.218. The van der Waals surface area contributed by atoms with Crippen molar-refractivity contribution >= 4 is 51.6 Å². The van der Waals surface area contributed by atoms with Gasteiger partial charge in [-0.05, 0) is 76.7 Å². The van der Waals surface area contributed by atoms with Crippen LogP contribution >= 0.6 is 34.4 Å². The van der Waals surface area contributed by atoms with E-state index in [0.717, 1.165) is 25.8 Å². The van der Waals surface area contributed by atoms with Crippen LogP contribution in [0.4, 0.5) is 9.18 Å². The van der Waals surface area contributed by atoms with Gasteiger partial charge in [0.25, 0.3) is 11.1 Å². The molecule has 1 aliphatic rings. The summed E-state index contributed by atoms with van der Waals surface area (Å²) in [5.74, 6) is 0.279. The molecule has 5 nitrogen and oxygen atoms in total. The Bertz CT molecular complexity index is 1250. The molecule has 8 heteroatoms. The molecule has 1 heterocycles. The molecule has 174 valence electrons. The molecule has 0 bridgehead atoms. The summed E-state index contributed by atoms with van der Waals surface area (Å²) < 4.78 is 26.7. The largest absolute Gasteiger partial charge is 0.490 e. The third-order valence-electron chi connectivity index (χ3n) is 5.02. The Morgan fingerprint density at radius 3 is 2.50 bits per heavy atom. The van der Waals surface area contributed by atoms with Crippen molar-refractivity contribution in [3.8, 4) is 11.5 Å². The summed E-state index contributed by atoms with van der Waals surface area (Å²) in [5, 5.41) is -0.429. The van der Waals surface area contributed by atoms with Gasteiger partial charge < -0.3 is 9.47 Å². The summed E-state index contributed by atoms with van der Waals surface area (Å²) in [6.45, 7) is 2.61. The zero-order valence-electron chi connectivity index (χ0n) is 18.3. The lowest BCUT2D eigenvalue weighted by atomic mass is 10.1. The highest BCUT2D eigenvalue weighted by molar-refractivity contribution is 14.1. The van der Waals surface area contributed by atoms with Crippen molar-refractivity contribution in [2.24, 2.45) is 0 Å². The van der Waals surface area contributed by atoms with Crippen molar-refractivity contribution in [1.82, 2.24) is 4.90 Å². The van der Waals surface area contributed by atoms with E-state index in [1.807, 2.05) is 43.3 Å². The Hall–Kier alpha value is -2.85. The first-order valence-corrected chi connectivity index (χ1v) is 12.5. The smallest absolute Gasteiger partial charge is 0.293 e. The van der Waals surface area contributed by atoms with Crippen LogP contribution in [-0.4, -0.2) is 22.7 Å². The number of halogens is 2. The van der Waals surface area contributed by atoms with E-state index in [4.69, 9.17) is 9.47 Å². The highest BCUT2D eigenvalue weighted by Gasteiger charge is 2.35. The number of amides is 2. The van der Waals surface area contributed by atoms with Crippen LogP contribution in [0.2, 0.25) is 0 Å². The van der Waals surface area contributed by atoms with Gasteiger partial charge in [0.05, 0.1) is 21.6 Å². The zero-order chi connectivity index (χ0) is 24.1. The molecule has 0 aromatic heterocycles. The molecule has 1 aliphatic heterocycles. The monoisotopic (exact) mass is 589 g/mol. The molecule has 0 N–H and O–H groups in total. The number of carbonyl (C=O) groups is 2. The van der Waals surface area contributed by atoms with Crippen LogP contribution in [0.15, 0.2) is 71.6 Å². The van der Waals surface area contributed by atoms with Crippen LogP contribution in [-0.2, 0) is 17.9 Å². The van der Waals surface area contributed by atoms with Gasteiger partial charge in [-0.3, -0.25) is 14.5 Å². The van der Waals surface area contributed by atoms with Crippen LogP contribution < -0.4 is 9.47 Å². The van der Waals surface area contributed by atoms with Gasteiger partial charge >= 0.3 is 0 Å². The number of benzene rings is 3. The number of ether oxygens (including phenoxy) is 2. The summed E-state index contributed by atoms with van der Waals surface area (Å²) in [4.78, 5) is 26.7. The molecule has 3 aromatic carbocycles. The zero-order valence-corrected chi connectivity index (χ0v) is 21.3.